The monoisotopic (exact) mass is 590 g/mol. The number of Topliss-reactive ketones (excluding diaryl/α,β-unsaturated/α-hetero) is 1. The summed E-state index contributed by atoms with van der Waals surface area (Å²) in [6.45, 7) is 0.387. The second kappa shape index (κ2) is 14.1. The van der Waals surface area contributed by atoms with Crippen LogP contribution in [0.3, 0.4) is 0 Å². The number of nitrogens with one attached hydrogen (secondary N) is 4. The summed E-state index contributed by atoms with van der Waals surface area (Å²) in [5.41, 5.74) is -1.07. The van der Waals surface area contributed by atoms with Crippen molar-refractivity contribution in [2.75, 3.05) is 25.0 Å². The summed E-state index contributed by atoms with van der Waals surface area (Å²) in [5, 5.41) is 8.18. The number of alkyl halides is 3. The van der Waals surface area contributed by atoms with E-state index in [0.717, 1.165) is 19.1 Å². The molecule has 222 valence electrons. The molecule has 2 rings (SSSR count). The lowest BCUT2D eigenvalue weighted by Crippen LogP contribution is -2.50. The van der Waals surface area contributed by atoms with Gasteiger partial charge in [0, 0.05) is 0 Å². The summed E-state index contributed by atoms with van der Waals surface area (Å²) in [7, 11) is 0. The molecule has 0 aliphatic rings. The van der Waals surface area contributed by atoms with Crippen LogP contribution in [-0.2, 0) is 19.2 Å². The molecule has 1 unspecified atom stereocenters. The second-order valence-electron chi connectivity index (χ2n) is 8.39. The van der Waals surface area contributed by atoms with Gasteiger partial charge in [0.15, 0.2) is 23.2 Å². The van der Waals surface area contributed by atoms with Crippen LogP contribution in [0.1, 0.15) is 29.3 Å². The predicted molar refractivity (Wildman–Crippen MR) is 130 cm³/mol. The SMILES string of the molecule is CCC(NC(=O)CNC(=O)c1ccccc1NC(=O)C(F)(F)F)C(=O)NCC(=O)COc1c(F)c(C)cc(F)c1F. The van der Waals surface area contributed by atoms with Gasteiger partial charge in [0.25, 0.3) is 5.91 Å². The molecule has 1 atom stereocenters. The first-order valence-corrected chi connectivity index (χ1v) is 11.8. The zero-order valence-corrected chi connectivity index (χ0v) is 21.5. The van der Waals surface area contributed by atoms with Crippen molar-refractivity contribution >= 4 is 35.1 Å². The van der Waals surface area contributed by atoms with Crippen LogP contribution >= 0.6 is 0 Å². The molecule has 0 aliphatic carbocycles. The minimum atomic E-state index is -5.20. The fourth-order valence-electron chi connectivity index (χ4n) is 3.18. The molecule has 0 radical (unpaired) electrons. The van der Waals surface area contributed by atoms with Gasteiger partial charge in [-0.2, -0.15) is 17.6 Å². The Morgan fingerprint density at radius 3 is 2.24 bits per heavy atom. The third-order valence-electron chi connectivity index (χ3n) is 5.28. The summed E-state index contributed by atoms with van der Waals surface area (Å²) >= 11 is 0. The van der Waals surface area contributed by atoms with Crippen molar-refractivity contribution in [2.24, 2.45) is 0 Å². The lowest BCUT2D eigenvalue weighted by atomic mass is 10.1. The van der Waals surface area contributed by atoms with Crippen molar-refractivity contribution in [1.82, 2.24) is 16.0 Å². The van der Waals surface area contributed by atoms with Crippen LogP contribution in [0.15, 0.2) is 30.3 Å². The number of benzene rings is 2. The first-order valence-electron chi connectivity index (χ1n) is 11.8. The van der Waals surface area contributed by atoms with E-state index in [9.17, 15) is 50.3 Å². The summed E-state index contributed by atoms with van der Waals surface area (Å²) in [4.78, 5) is 60.2. The van der Waals surface area contributed by atoms with Gasteiger partial charge in [-0.1, -0.05) is 19.1 Å². The molecular weight excluding hydrogens is 566 g/mol. The standard InChI is InChI=1S/C25H24F6N4O6/c1-3-16(23(39)32-9-13(36)11-41-21-19(27)12(2)8-15(26)20(21)28)34-18(37)10-33-22(38)14-6-4-5-7-17(14)35-24(40)25(29,30)31/h4-8,16H,3,9-11H2,1-2H3,(H,32,39)(H,33,38)(H,34,37)(H,35,40). The van der Waals surface area contributed by atoms with Crippen LogP contribution in [0, 0.1) is 24.4 Å². The Morgan fingerprint density at radius 1 is 0.951 bits per heavy atom. The van der Waals surface area contributed by atoms with Gasteiger partial charge >= 0.3 is 12.1 Å². The Labute approximate surface area is 228 Å². The molecule has 4 amide bonds. The van der Waals surface area contributed by atoms with E-state index in [4.69, 9.17) is 4.74 Å². The van der Waals surface area contributed by atoms with Gasteiger partial charge < -0.3 is 26.0 Å². The predicted octanol–water partition coefficient (Wildman–Crippen LogP) is 2.30. The zero-order chi connectivity index (χ0) is 30.9. The number of hydrogen-bond donors (Lipinski definition) is 4. The molecule has 0 heterocycles. The highest BCUT2D eigenvalue weighted by Gasteiger charge is 2.39. The van der Waals surface area contributed by atoms with Crippen molar-refractivity contribution in [3.05, 3.63) is 58.9 Å². The number of ketones is 1. The van der Waals surface area contributed by atoms with Crippen LogP contribution in [0.25, 0.3) is 0 Å². The molecule has 0 aliphatic heterocycles. The molecule has 10 nitrogen and oxygen atoms in total. The number of amides is 4. The Morgan fingerprint density at radius 2 is 1.61 bits per heavy atom. The highest BCUT2D eigenvalue weighted by molar-refractivity contribution is 6.05. The van der Waals surface area contributed by atoms with E-state index in [-0.39, 0.29) is 17.5 Å². The molecule has 0 aromatic heterocycles. The molecule has 2 aromatic carbocycles. The van der Waals surface area contributed by atoms with Crippen LogP contribution in [0.2, 0.25) is 0 Å². The van der Waals surface area contributed by atoms with Gasteiger partial charge in [0.2, 0.25) is 17.6 Å². The average Bonchev–Trinajstić information content (AvgIpc) is 2.91. The summed E-state index contributed by atoms with van der Waals surface area (Å²) in [6, 6.07) is 4.17. The third-order valence-corrected chi connectivity index (χ3v) is 5.28. The molecule has 4 N–H and O–H groups in total. The van der Waals surface area contributed by atoms with E-state index in [2.05, 4.69) is 16.0 Å². The fourth-order valence-corrected chi connectivity index (χ4v) is 3.18. The Kier molecular flexibility index (Phi) is 11.2. The van der Waals surface area contributed by atoms with Crippen LogP contribution < -0.4 is 26.0 Å². The lowest BCUT2D eigenvalue weighted by molar-refractivity contribution is -0.167. The molecular formula is C25H24F6N4O6. The molecule has 0 saturated carbocycles. The van der Waals surface area contributed by atoms with E-state index < -0.39 is 90.2 Å². The number of carbonyl (C=O) groups excluding carboxylic acids is 5. The molecule has 0 saturated heterocycles. The van der Waals surface area contributed by atoms with Gasteiger partial charge in [0.05, 0.1) is 24.3 Å². The van der Waals surface area contributed by atoms with E-state index >= 15 is 0 Å². The first-order chi connectivity index (χ1) is 19.1. The first kappa shape index (κ1) is 32.6. The Hall–Kier alpha value is -4.63. The molecule has 0 fully saturated rings. The highest BCUT2D eigenvalue weighted by atomic mass is 19.4. The van der Waals surface area contributed by atoms with Crippen LogP contribution in [0.4, 0.5) is 32.0 Å². The van der Waals surface area contributed by atoms with Crippen molar-refractivity contribution in [3.63, 3.8) is 0 Å². The maximum Gasteiger partial charge on any atom is 0.471 e. The van der Waals surface area contributed by atoms with Crippen molar-refractivity contribution < 1.29 is 55.1 Å². The van der Waals surface area contributed by atoms with Gasteiger partial charge in [-0.15, -0.1) is 0 Å². The highest BCUT2D eigenvalue weighted by Crippen LogP contribution is 2.26. The maximum atomic E-state index is 14.0. The molecule has 0 bridgehead atoms. The molecule has 16 heteroatoms. The van der Waals surface area contributed by atoms with Crippen molar-refractivity contribution in [1.29, 1.82) is 0 Å². The van der Waals surface area contributed by atoms with E-state index in [1.807, 2.05) is 0 Å². The Balaban J connectivity index is 1.87. The number of aryl methyl sites for hydroxylation is 1. The van der Waals surface area contributed by atoms with Gasteiger partial charge in [-0.3, -0.25) is 24.0 Å². The normalized spacial score (nSPS) is 11.7. The average molecular weight is 590 g/mol. The van der Waals surface area contributed by atoms with Crippen molar-refractivity contribution in [3.8, 4) is 5.75 Å². The minimum Gasteiger partial charge on any atom is -0.480 e. The topological polar surface area (TPSA) is 143 Å². The number of para-hydroxylation sites is 1. The van der Waals surface area contributed by atoms with Gasteiger partial charge in [0.1, 0.15) is 12.6 Å². The number of hydrogen-bond acceptors (Lipinski definition) is 6. The Bertz CT molecular complexity index is 1310. The number of rotatable bonds is 12. The number of ether oxygens (including phenoxy) is 1. The van der Waals surface area contributed by atoms with E-state index in [1.54, 1.807) is 5.32 Å². The third kappa shape index (κ3) is 9.22. The van der Waals surface area contributed by atoms with E-state index in [0.29, 0.717) is 6.07 Å². The van der Waals surface area contributed by atoms with Crippen LogP contribution in [-0.4, -0.2) is 61.3 Å². The summed E-state index contributed by atoms with van der Waals surface area (Å²) < 4.78 is 83.5. The number of halogens is 6. The minimum absolute atomic E-state index is 0.0293. The summed E-state index contributed by atoms with van der Waals surface area (Å²) in [6.07, 6.45) is -5.17. The smallest absolute Gasteiger partial charge is 0.471 e. The zero-order valence-electron chi connectivity index (χ0n) is 21.5. The largest absolute Gasteiger partial charge is 0.480 e. The molecule has 0 spiro atoms. The lowest BCUT2D eigenvalue weighted by Gasteiger charge is -2.17. The van der Waals surface area contributed by atoms with Crippen LogP contribution in [0.5, 0.6) is 5.75 Å². The van der Waals surface area contributed by atoms with Crippen molar-refractivity contribution in [2.45, 2.75) is 32.5 Å². The fraction of sp³-hybridized carbons (Fsp3) is 0.320. The maximum absolute atomic E-state index is 14.0. The van der Waals surface area contributed by atoms with Gasteiger partial charge in [-0.25, -0.2) is 8.78 Å². The summed E-state index contributed by atoms with van der Waals surface area (Å²) in [5.74, 6) is -11.1. The second-order valence-corrected chi connectivity index (χ2v) is 8.39. The number of anilines is 1. The molecule has 41 heavy (non-hydrogen) atoms. The van der Waals surface area contributed by atoms with Gasteiger partial charge in [-0.05, 0) is 37.1 Å². The quantitative estimate of drug-likeness (QED) is 0.221. The number of carbonyl (C=O) groups is 5. The molecule has 2 aromatic rings. The van der Waals surface area contributed by atoms with E-state index in [1.165, 1.54) is 19.1 Å².